The Balaban J connectivity index is 3.03. The smallest absolute Gasteiger partial charge is 0.328 e. The number of carbonyl (C=O) groups is 1. The summed E-state index contributed by atoms with van der Waals surface area (Å²) in [6.07, 6.45) is 2.41. The predicted octanol–water partition coefficient (Wildman–Crippen LogP) is 1.24. The van der Waals surface area contributed by atoms with Crippen molar-refractivity contribution in [3.8, 4) is 6.07 Å². The van der Waals surface area contributed by atoms with Gasteiger partial charge in [0.05, 0.1) is 5.56 Å². The molecule has 0 unspecified atom stereocenters. The van der Waals surface area contributed by atoms with Crippen LogP contribution < -0.4 is 5.73 Å². The van der Waals surface area contributed by atoms with Gasteiger partial charge in [-0.2, -0.15) is 5.26 Å². The number of carboxylic acids is 1. The standard InChI is InChI=1S/C10H8N2O2/c11-6-8-5-7(1-3-9(8)12)2-4-10(13)14/h1-5H,12H2,(H,13,14)/b4-2+. The highest BCUT2D eigenvalue weighted by Crippen LogP contribution is 2.13. The first kappa shape index (κ1) is 9.81. The van der Waals surface area contributed by atoms with E-state index in [1.165, 1.54) is 12.1 Å². The first-order valence-electron chi connectivity index (χ1n) is 3.84. The molecule has 0 amide bonds. The zero-order valence-corrected chi connectivity index (χ0v) is 7.27. The summed E-state index contributed by atoms with van der Waals surface area (Å²) in [7, 11) is 0. The van der Waals surface area contributed by atoms with Crippen LogP contribution in [0.5, 0.6) is 0 Å². The van der Waals surface area contributed by atoms with Crippen LogP contribution >= 0.6 is 0 Å². The van der Waals surface area contributed by atoms with Crippen molar-refractivity contribution in [3.05, 3.63) is 35.4 Å². The van der Waals surface area contributed by atoms with Crippen LogP contribution in [0.2, 0.25) is 0 Å². The average molecular weight is 188 g/mol. The summed E-state index contributed by atoms with van der Waals surface area (Å²) in [5.41, 5.74) is 6.86. The van der Waals surface area contributed by atoms with E-state index in [0.29, 0.717) is 16.8 Å². The van der Waals surface area contributed by atoms with Crippen molar-refractivity contribution in [2.45, 2.75) is 0 Å². The van der Waals surface area contributed by atoms with E-state index in [2.05, 4.69) is 0 Å². The van der Waals surface area contributed by atoms with Gasteiger partial charge in [-0.25, -0.2) is 4.79 Å². The Morgan fingerprint density at radius 3 is 2.86 bits per heavy atom. The quantitative estimate of drug-likeness (QED) is 0.540. The summed E-state index contributed by atoms with van der Waals surface area (Å²) in [5.74, 6) is -1.03. The molecule has 70 valence electrons. The minimum Gasteiger partial charge on any atom is -0.478 e. The van der Waals surface area contributed by atoms with Gasteiger partial charge in [-0.1, -0.05) is 6.07 Å². The van der Waals surface area contributed by atoms with Crippen LogP contribution in [0.4, 0.5) is 5.69 Å². The van der Waals surface area contributed by atoms with E-state index in [0.717, 1.165) is 6.08 Å². The van der Waals surface area contributed by atoms with Crippen LogP contribution in [0.1, 0.15) is 11.1 Å². The number of carboxylic acid groups (broad SMARTS) is 1. The maximum Gasteiger partial charge on any atom is 0.328 e. The van der Waals surface area contributed by atoms with Crippen molar-refractivity contribution in [1.82, 2.24) is 0 Å². The van der Waals surface area contributed by atoms with E-state index in [-0.39, 0.29) is 0 Å². The summed E-state index contributed by atoms with van der Waals surface area (Å²) in [6, 6.07) is 6.67. The number of hydrogen-bond donors (Lipinski definition) is 2. The second-order valence-electron chi connectivity index (χ2n) is 2.63. The maximum atomic E-state index is 10.2. The summed E-state index contributed by atoms with van der Waals surface area (Å²) in [4.78, 5) is 10.2. The second-order valence-corrected chi connectivity index (χ2v) is 2.63. The molecule has 0 fully saturated rings. The van der Waals surface area contributed by atoms with Gasteiger partial charge in [0.25, 0.3) is 0 Å². The number of aliphatic carboxylic acids is 1. The molecule has 0 aliphatic heterocycles. The molecule has 14 heavy (non-hydrogen) atoms. The second kappa shape index (κ2) is 4.10. The number of rotatable bonds is 2. The molecular formula is C10H8N2O2. The maximum absolute atomic E-state index is 10.2. The molecule has 3 N–H and O–H groups in total. The normalized spacial score (nSPS) is 9.93. The molecule has 0 saturated carbocycles. The fraction of sp³-hybridized carbons (Fsp3) is 0. The number of hydrogen-bond acceptors (Lipinski definition) is 3. The van der Waals surface area contributed by atoms with E-state index in [4.69, 9.17) is 16.1 Å². The Bertz CT molecular complexity index is 430. The summed E-state index contributed by atoms with van der Waals surface area (Å²) in [6.45, 7) is 0. The third kappa shape index (κ3) is 2.35. The fourth-order valence-electron chi connectivity index (χ4n) is 0.942. The van der Waals surface area contributed by atoms with Gasteiger partial charge in [0.1, 0.15) is 6.07 Å². The van der Waals surface area contributed by atoms with Crippen molar-refractivity contribution in [1.29, 1.82) is 5.26 Å². The van der Waals surface area contributed by atoms with E-state index < -0.39 is 5.97 Å². The molecular weight excluding hydrogens is 180 g/mol. The van der Waals surface area contributed by atoms with Gasteiger partial charge in [-0.05, 0) is 23.8 Å². The minimum atomic E-state index is -1.03. The van der Waals surface area contributed by atoms with Gasteiger partial charge in [0.2, 0.25) is 0 Å². The topological polar surface area (TPSA) is 87.1 Å². The molecule has 0 aliphatic carbocycles. The molecule has 4 heteroatoms. The SMILES string of the molecule is N#Cc1cc(/C=C/C(=O)O)ccc1N. The van der Waals surface area contributed by atoms with Gasteiger partial charge < -0.3 is 10.8 Å². The third-order valence-corrected chi connectivity index (χ3v) is 1.62. The van der Waals surface area contributed by atoms with Crippen LogP contribution in [0.3, 0.4) is 0 Å². The fourth-order valence-corrected chi connectivity index (χ4v) is 0.942. The Labute approximate surface area is 80.9 Å². The third-order valence-electron chi connectivity index (χ3n) is 1.62. The van der Waals surface area contributed by atoms with E-state index in [1.807, 2.05) is 6.07 Å². The van der Waals surface area contributed by atoms with Crippen LogP contribution in [0, 0.1) is 11.3 Å². The number of nitriles is 1. The molecule has 0 atom stereocenters. The lowest BCUT2D eigenvalue weighted by atomic mass is 10.1. The zero-order chi connectivity index (χ0) is 10.6. The first-order chi connectivity index (χ1) is 6.63. The highest BCUT2D eigenvalue weighted by Gasteiger charge is 1.97. The Morgan fingerprint density at radius 2 is 2.29 bits per heavy atom. The molecule has 0 aliphatic rings. The molecule has 1 aromatic rings. The van der Waals surface area contributed by atoms with Crippen molar-refractivity contribution >= 4 is 17.7 Å². The molecule has 0 spiro atoms. The molecule has 0 saturated heterocycles. The molecule has 1 aromatic carbocycles. The van der Waals surface area contributed by atoms with Crippen LogP contribution in [-0.2, 0) is 4.79 Å². The zero-order valence-electron chi connectivity index (χ0n) is 7.27. The Morgan fingerprint density at radius 1 is 1.57 bits per heavy atom. The molecule has 0 radical (unpaired) electrons. The predicted molar refractivity (Wildman–Crippen MR) is 52.2 cm³/mol. The highest BCUT2D eigenvalue weighted by molar-refractivity contribution is 5.85. The number of nitrogen functional groups attached to an aromatic ring is 1. The lowest BCUT2D eigenvalue weighted by Gasteiger charge is -1.97. The molecule has 1 rings (SSSR count). The Kier molecular flexibility index (Phi) is 2.87. The summed E-state index contributed by atoms with van der Waals surface area (Å²) >= 11 is 0. The lowest BCUT2D eigenvalue weighted by molar-refractivity contribution is -0.131. The molecule has 0 heterocycles. The average Bonchev–Trinajstić information content (AvgIpc) is 2.16. The highest BCUT2D eigenvalue weighted by atomic mass is 16.4. The van der Waals surface area contributed by atoms with Gasteiger partial charge in [-0.15, -0.1) is 0 Å². The van der Waals surface area contributed by atoms with Crippen molar-refractivity contribution < 1.29 is 9.90 Å². The van der Waals surface area contributed by atoms with Gasteiger partial charge in [0.15, 0.2) is 0 Å². The van der Waals surface area contributed by atoms with Crippen LogP contribution in [0.15, 0.2) is 24.3 Å². The number of nitrogens with zero attached hydrogens (tertiary/aromatic N) is 1. The van der Waals surface area contributed by atoms with Gasteiger partial charge in [-0.3, -0.25) is 0 Å². The van der Waals surface area contributed by atoms with Crippen molar-refractivity contribution in [2.24, 2.45) is 0 Å². The van der Waals surface area contributed by atoms with Gasteiger partial charge in [0, 0.05) is 11.8 Å². The first-order valence-corrected chi connectivity index (χ1v) is 3.84. The minimum absolute atomic E-state index is 0.345. The molecule has 0 aromatic heterocycles. The van der Waals surface area contributed by atoms with E-state index in [1.54, 1.807) is 12.1 Å². The van der Waals surface area contributed by atoms with E-state index >= 15 is 0 Å². The van der Waals surface area contributed by atoms with Gasteiger partial charge >= 0.3 is 5.97 Å². The van der Waals surface area contributed by atoms with Crippen molar-refractivity contribution in [3.63, 3.8) is 0 Å². The summed E-state index contributed by atoms with van der Waals surface area (Å²) in [5, 5.41) is 17.0. The molecule has 0 bridgehead atoms. The van der Waals surface area contributed by atoms with Crippen LogP contribution in [-0.4, -0.2) is 11.1 Å². The summed E-state index contributed by atoms with van der Waals surface area (Å²) < 4.78 is 0. The number of anilines is 1. The largest absolute Gasteiger partial charge is 0.478 e. The monoisotopic (exact) mass is 188 g/mol. The Hall–Kier alpha value is -2.28. The van der Waals surface area contributed by atoms with Crippen LogP contribution in [0.25, 0.3) is 6.08 Å². The molecule has 4 nitrogen and oxygen atoms in total. The lowest BCUT2D eigenvalue weighted by Crippen LogP contribution is -1.91. The van der Waals surface area contributed by atoms with Crippen molar-refractivity contribution in [2.75, 3.05) is 5.73 Å². The van der Waals surface area contributed by atoms with E-state index in [9.17, 15) is 4.79 Å². The number of benzene rings is 1. The number of nitrogens with two attached hydrogens (primary N) is 1.